The van der Waals surface area contributed by atoms with Crippen LogP contribution in [0.15, 0.2) is 91.3 Å². The molecule has 0 bridgehead atoms. The molecule has 0 atom stereocenters. The van der Waals surface area contributed by atoms with Gasteiger partial charge in [-0.3, -0.25) is 0 Å². The number of nitriles is 1. The van der Waals surface area contributed by atoms with Crippen LogP contribution in [0.25, 0.3) is 16.8 Å². The van der Waals surface area contributed by atoms with E-state index in [-0.39, 0.29) is 5.97 Å². The molecule has 1 heterocycles. The number of benzene rings is 3. The van der Waals surface area contributed by atoms with Gasteiger partial charge < -0.3 is 14.0 Å². The lowest BCUT2D eigenvalue weighted by Crippen LogP contribution is -2.04. The van der Waals surface area contributed by atoms with Gasteiger partial charge in [0.15, 0.2) is 0 Å². The molecule has 164 valence electrons. The number of carbonyl (C=O) groups excluding carboxylic acids is 1. The van der Waals surface area contributed by atoms with Crippen LogP contribution in [0.2, 0.25) is 0 Å². The average Bonchev–Trinajstić information content (AvgIpc) is 3.30. The van der Waals surface area contributed by atoms with Crippen molar-refractivity contribution in [3.63, 3.8) is 0 Å². The zero-order valence-electron chi connectivity index (χ0n) is 18.4. The van der Waals surface area contributed by atoms with Crippen LogP contribution in [-0.4, -0.2) is 17.1 Å². The summed E-state index contributed by atoms with van der Waals surface area (Å²) in [6.45, 7) is 3.15. The first-order valence-corrected chi connectivity index (χ1v) is 10.8. The lowest BCUT2D eigenvalue weighted by molar-refractivity contribution is 0.0526. The predicted octanol–water partition coefficient (Wildman–Crippen LogP) is 5.91. The zero-order valence-corrected chi connectivity index (χ0v) is 18.4. The second kappa shape index (κ2) is 10.4. The molecule has 0 unspecified atom stereocenters. The molecular formula is C28H24N2O3. The highest BCUT2D eigenvalue weighted by Gasteiger charge is 2.12. The zero-order chi connectivity index (χ0) is 23.0. The lowest BCUT2D eigenvalue weighted by Gasteiger charge is -2.07. The molecule has 3 aromatic carbocycles. The summed E-state index contributed by atoms with van der Waals surface area (Å²) in [6, 6.07) is 27.5. The second-order valence-corrected chi connectivity index (χ2v) is 7.55. The van der Waals surface area contributed by atoms with E-state index in [1.165, 1.54) is 0 Å². The minimum Gasteiger partial charge on any atom is -0.462 e. The van der Waals surface area contributed by atoms with Crippen molar-refractivity contribution in [3.05, 3.63) is 114 Å². The van der Waals surface area contributed by atoms with Crippen LogP contribution in [0.1, 0.15) is 34.0 Å². The quantitative estimate of drug-likeness (QED) is 0.322. The topological polar surface area (TPSA) is 64.2 Å². The van der Waals surface area contributed by atoms with E-state index < -0.39 is 0 Å². The Kier molecular flexibility index (Phi) is 6.99. The first-order chi connectivity index (χ1) is 16.2. The van der Waals surface area contributed by atoms with Gasteiger partial charge in [0.05, 0.1) is 30.9 Å². The van der Waals surface area contributed by atoms with E-state index in [4.69, 9.17) is 9.47 Å². The van der Waals surface area contributed by atoms with E-state index in [2.05, 4.69) is 12.1 Å². The van der Waals surface area contributed by atoms with Gasteiger partial charge in [0.1, 0.15) is 6.07 Å². The normalized spacial score (nSPS) is 10.5. The molecule has 0 radical (unpaired) electrons. The molecule has 0 N–H and O–H groups in total. The number of rotatable bonds is 8. The molecule has 0 aliphatic heterocycles. The third-order valence-corrected chi connectivity index (χ3v) is 5.24. The summed E-state index contributed by atoms with van der Waals surface area (Å²) in [5, 5.41) is 9.70. The van der Waals surface area contributed by atoms with Crippen LogP contribution in [0.3, 0.4) is 0 Å². The van der Waals surface area contributed by atoms with Crippen molar-refractivity contribution in [1.29, 1.82) is 5.26 Å². The predicted molar refractivity (Wildman–Crippen MR) is 127 cm³/mol. The molecule has 0 amide bonds. The van der Waals surface area contributed by atoms with Gasteiger partial charge in [-0.05, 0) is 53.9 Å². The highest BCUT2D eigenvalue weighted by molar-refractivity contribution is 5.89. The molecule has 0 saturated carbocycles. The number of nitrogens with zero attached hydrogens (tertiary/aromatic N) is 2. The number of ether oxygens (including phenoxy) is 2. The third kappa shape index (κ3) is 5.38. The fraction of sp³-hybridized carbons (Fsp3) is 0.143. The second-order valence-electron chi connectivity index (χ2n) is 7.55. The van der Waals surface area contributed by atoms with E-state index in [9.17, 15) is 10.1 Å². The van der Waals surface area contributed by atoms with E-state index in [0.717, 1.165) is 27.9 Å². The molecule has 0 spiro atoms. The van der Waals surface area contributed by atoms with Crippen LogP contribution in [0.4, 0.5) is 0 Å². The first-order valence-electron chi connectivity index (χ1n) is 10.8. The molecule has 4 aromatic rings. The van der Waals surface area contributed by atoms with Crippen LogP contribution < -0.4 is 0 Å². The fourth-order valence-electron chi connectivity index (χ4n) is 3.60. The Labute approximate surface area is 193 Å². The molecule has 0 aliphatic rings. The van der Waals surface area contributed by atoms with Crippen LogP contribution in [-0.2, 0) is 22.7 Å². The van der Waals surface area contributed by atoms with Gasteiger partial charge >= 0.3 is 5.97 Å². The molecular weight excluding hydrogens is 412 g/mol. The standard InChI is InChI=1S/C28H24N2O3/c1-2-33-28(31)23-11-13-26(14-12-23)30-17-25(16-29)27(18-30)24-10-6-9-22(15-24)20-32-19-21-7-4-3-5-8-21/h3-15,17-18H,2,19-20H2,1H3. The summed E-state index contributed by atoms with van der Waals surface area (Å²) in [5.41, 5.74) is 5.90. The molecule has 0 saturated heterocycles. The number of hydrogen-bond donors (Lipinski definition) is 0. The van der Waals surface area contributed by atoms with Crippen molar-refractivity contribution in [2.75, 3.05) is 6.61 Å². The number of carbonyl (C=O) groups is 1. The van der Waals surface area contributed by atoms with Gasteiger partial charge in [-0.15, -0.1) is 0 Å². The van der Waals surface area contributed by atoms with Crippen molar-refractivity contribution < 1.29 is 14.3 Å². The number of hydrogen-bond acceptors (Lipinski definition) is 4. The smallest absolute Gasteiger partial charge is 0.338 e. The van der Waals surface area contributed by atoms with E-state index in [1.54, 1.807) is 25.3 Å². The maximum Gasteiger partial charge on any atom is 0.338 e. The van der Waals surface area contributed by atoms with Crippen LogP contribution in [0, 0.1) is 11.3 Å². The molecule has 0 aliphatic carbocycles. The lowest BCUT2D eigenvalue weighted by atomic mass is 10.0. The number of esters is 1. The Hall–Kier alpha value is -4.14. The summed E-state index contributed by atoms with van der Waals surface area (Å²) in [6.07, 6.45) is 3.73. The summed E-state index contributed by atoms with van der Waals surface area (Å²) in [5.74, 6) is -0.346. The van der Waals surface area contributed by atoms with Crippen molar-refractivity contribution in [2.24, 2.45) is 0 Å². The summed E-state index contributed by atoms with van der Waals surface area (Å²) in [7, 11) is 0. The Balaban J connectivity index is 1.52. The van der Waals surface area contributed by atoms with E-state index >= 15 is 0 Å². The van der Waals surface area contributed by atoms with Gasteiger partial charge in [-0.1, -0.05) is 48.5 Å². The van der Waals surface area contributed by atoms with Gasteiger partial charge in [0, 0.05) is 23.6 Å². The highest BCUT2D eigenvalue weighted by Crippen LogP contribution is 2.27. The Morgan fingerprint density at radius 2 is 1.64 bits per heavy atom. The van der Waals surface area contributed by atoms with E-state index in [0.29, 0.717) is 30.9 Å². The molecule has 1 aromatic heterocycles. The first kappa shape index (κ1) is 22.1. The van der Waals surface area contributed by atoms with Crippen molar-refractivity contribution in [1.82, 2.24) is 4.57 Å². The molecule has 4 rings (SSSR count). The molecule has 33 heavy (non-hydrogen) atoms. The molecule has 5 nitrogen and oxygen atoms in total. The number of aromatic nitrogens is 1. The summed E-state index contributed by atoms with van der Waals surface area (Å²) in [4.78, 5) is 11.9. The third-order valence-electron chi connectivity index (χ3n) is 5.24. The minimum absolute atomic E-state index is 0.337. The average molecular weight is 437 g/mol. The van der Waals surface area contributed by atoms with Crippen molar-refractivity contribution >= 4 is 5.97 Å². The molecule has 5 heteroatoms. The highest BCUT2D eigenvalue weighted by atomic mass is 16.5. The monoisotopic (exact) mass is 436 g/mol. The van der Waals surface area contributed by atoms with Crippen LogP contribution >= 0.6 is 0 Å². The Morgan fingerprint density at radius 3 is 2.36 bits per heavy atom. The fourth-order valence-corrected chi connectivity index (χ4v) is 3.60. The summed E-state index contributed by atoms with van der Waals surface area (Å²) < 4.78 is 12.8. The Bertz CT molecular complexity index is 1270. The Morgan fingerprint density at radius 1 is 0.909 bits per heavy atom. The maximum absolute atomic E-state index is 11.9. The van der Waals surface area contributed by atoms with Gasteiger partial charge in [-0.25, -0.2) is 4.79 Å². The minimum atomic E-state index is -0.346. The SMILES string of the molecule is CCOC(=O)c1ccc(-n2cc(C#N)c(-c3cccc(COCc4ccccc4)c3)c2)cc1. The van der Waals surface area contributed by atoms with Crippen molar-refractivity contribution in [2.45, 2.75) is 20.1 Å². The summed E-state index contributed by atoms with van der Waals surface area (Å²) >= 11 is 0. The van der Waals surface area contributed by atoms with Gasteiger partial charge in [-0.2, -0.15) is 5.26 Å². The molecule has 0 fully saturated rings. The maximum atomic E-state index is 11.9. The van der Waals surface area contributed by atoms with Gasteiger partial charge in [0.2, 0.25) is 0 Å². The van der Waals surface area contributed by atoms with E-state index in [1.807, 2.05) is 71.4 Å². The van der Waals surface area contributed by atoms with Gasteiger partial charge in [0.25, 0.3) is 0 Å². The van der Waals surface area contributed by atoms with Crippen molar-refractivity contribution in [3.8, 4) is 22.9 Å². The van der Waals surface area contributed by atoms with Crippen LogP contribution in [0.5, 0.6) is 0 Å². The largest absolute Gasteiger partial charge is 0.462 e.